The predicted molar refractivity (Wildman–Crippen MR) is 74.6 cm³/mol. The molecular weight excluding hydrogens is 299 g/mol. The number of amidine groups is 1. The minimum Gasteiger partial charge on any atom is -0.311 e. The van der Waals surface area contributed by atoms with Crippen molar-refractivity contribution in [2.24, 2.45) is 16.6 Å². The molecule has 6 nitrogen and oxygen atoms in total. The summed E-state index contributed by atoms with van der Waals surface area (Å²) in [5.74, 6) is -2.22. The Morgan fingerprint density at radius 1 is 1.30 bits per heavy atom. The van der Waals surface area contributed by atoms with Gasteiger partial charge in [0.25, 0.3) is 5.84 Å². The number of hydrogen-bond donors (Lipinski definition) is 2. The zero-order chi connectivity index (χ0) is 16.5. The molecule has 3 aliphatic rings. The lowest BCUT2D eigenvalue weighted by molar-refractivity contribution is -0.677. The zero-order valence-electron chi connectivity index (χ0n) is 12.3. The van der Waals surface area contributed by atoms with E-state index in [-0.39, 0.29) is 17.8 Å². The number of nitrogens with two attached hydrogens (primary N) is 1. The molecule has 1 saturated heterocycles. The van der Waals surface area contributed by atoms with Crippen molar-refractivity contribution in [2.45, 2.75) is 24.9 Å². The predicted octanol–water partition coefficient (Wildman–Crippen LogP) is -0.517. The van der Waals surface area contributed by atoms with Gasteiger partial charge in [0.05, 0.1) is 24.8 Å². The van der Waals surface area contributed by atoms with Crippen LogP contribution in [-0.2, 0) is 9.47 Å². The van der Waals surface area contributed by atoms with Gasteiger partial charge in [0.2, 0.25) is 0 Å². The number of nitrogens with one attached hydrogen (secondary N) is 1. The van der Waals surface area contributed by atoms with E-state index in [1.54, 1.807) is 12.1 Å². The Morgan fingerprint density at radius 3 is 2.52 bits per heavy atom. The van der Waals surface area contributed by atoms with Gasteiger partial charge in [0, 0.05) is 5.92 Å². The van der Waals surface area contributed by atoms with Gasteiger partial charge in [0.15, 0.2) is 10.8 Å². The van der Waals surface area contributed by atoms with Crippen molar-refractivity contribution in [1.29, 1.82) is 10.5 Å². The molecule has 0 aromatic heterocycles. The summed E-state index contributed by atoms with van der Waals surface area (Å²) in [5, 5.41) is 19.7. The fourth-order valence-corrected chi connectivity index (χ4v) is 4.12. The van der Waals surface area contributed by atoms with Crippen LogP contribution in [0.1, 0.15) is 18.4 Å². The molecule has 23 heavy (non-hydrogen) atoms. The number of nitrogens with zero attached hydrogens (tertiary/aromatic N) is 2. The summed E-state index contributed by atoms with van der Waals surface area (Å²) < 4.78 is 24.8. The first-order valence-corrected chi connectivity index (χ1v) is 7.28. The van der Waals surface area contributed by atoms with Crippen LogP contribution in [0.3, 0.4) is 0 Å². The van der Waals surface area contributed by atoms with Crippen molar-refractivity contribution < 1.29 is 18.9 Å². The molecule has 2 aliphatic heterocycles. The molecule has 4 rings (SSSR count). The third-order valence-corrected chi connectivity index (χ3v) is 5.09. The van der Waals surface area contributed by atoms with Gasteiger partial charge in [-0.3, -0.25) is 5.73 Å². The lowest BCUT2D eigenvalue weighted by Gasteiger charge is -2.23. The van der Waals surface area contributed by atoms with E-state index in [0.29, 0.717) is 12.2 Å². The smallest absolute Gasteiger partial charge is 0.311 e. The fourth-order valence-electron chi connectivity index (χ4n) is 4.12. The topological polar surface area (TPSA) is 106 Å². The molecule has 2 heterocycles. The molecule has 1 spiro atoms. The Kier molecular flexibility index (Phi) is 2.51. The number of halogens is 1. The Labute approximate surface area is 131 Å². The number of rotatable bonds is 1. The van der Waals surface area contributed by atoms with E-state index in [2.05, 4.69) is 17.1 Å². The van der Waals surface area contributed by atoms with E-state index < -0.39 is 22.7 Å². The minimum absolute atomic E-state index is 0.157. The van der Waals surface area contributed by atoms with Gasteiger partial charge >= 0.3 is 5.91 Å². The third-order valence-electron chi connectivity index (χ3n) is 5.09. The van der Waals surface area contributed by atoms with E-state index in [1.807, 2.05) is 6.92 Å². The SMILES string of the molecule is C[C@@H]1CO[C@]2([NH+]=C(N)[C@@]3(C#N)[C@@H](c4ccc(F)cc4)[C@@]23C#N)O1. The molecule has 2 fully saturated rings. The average molecular weight is 313 g/mol. The number of hydrogen-bond acceptors (Lipinski definition) is 5. The van der Waals surface area contributed by atoms with Crippen molar-refractivity contribution in [2.75, 3.05) is 6.61 Å². The van der Waals surface area contributed by atoms with Crippen LogP contribution >= 0.6 is 0 Å². The van der Waals surface area contributed by atoms with Gasteiger partial charge in [-0.1, -0.05) is 12.1 Å². The first kappa shape index (κ1) is 14.1. The van der Waals surface area contributed by atoms with Crippen molar-refractivity contribution in [3.63, 3.8) is 0 Å². The van der Waals surface area contributed by atoms with E-state index in [1.165, 1.54) is 12.1 Å². The molecule has 1 aromatic carbocycles. The Hall–Kier alpha value is -2.48. The second-order valence-corrected chi connectivity index (χ2v) is 6.22. The fraction of sp³-hybridized carbons (Fsp3) is 0.438. The van der Waals surface area contributed by atoms with Crippen LogP contribution < -0.4 is 10.7 Å². The van der Waals surface area contributed by atoms with Crippen molar-refractivity contribution >= 4 is 5.84 Å². The first-order chi connectivity index (χ1) is 11.0. The van der Waals surface area contributed by atoms with Crippen LogP contribution in [0, 0.1) is 39.3 Å². The highest BCUT2D eigenvalue weighted by molar-refractivity contribution is 5.95. The summed E-state index contributed by atoms with van der Waals surface area (Å²) in [7, 11) is 0. The maximum atomic E-state index is 13.2. The molecule has 0 radical (unpaired) electrons. The minimum atomic E-state index is -1.44. The highest BCUT2D eigenvalue weighted by Crippen LogP contribution is 2.79. The van der Waals surface area contributed by atoms with E-state index in [0.717, 1.165) is 0 Å². The van der Waals surface area contributed by atoms with Crippen LogP contribution in [0.5, 0.6) is 0 Å². The van der Waals surface area contributed by atoms with E-state index >= 15 is 0 Å². The standard InChI is InChI=1S/C16H13FN4O2/c1-9-6-22-16(23-9)15(8-19)12(10-2-4-11(17)5-3-10)14(15,7-18)13(20)21-16/h2-5,9,12H,6H2,1H3,(H2,20,21)/p+1/t9-,12-,14-,15-,16+/m1/s1. The second kappa shape index (κ2) is 4.08. The summed E-state index contributed by atoms with van der Waals surface area (Å²) in [4.78, 5) is 2.88. The molecule has 0 amide bonds. The molecule has 5 atom stereocenters. The summed E-state index contributed by atoms with van der Waals surface area (Å²) in [6.45, 7) is 2.11. The van der Waals surface area contributed by atoms with Crippen molar-refractivity contribution in [1.82, 2.24) is 0 Å². The van der Waals surface area contributed by atoms with Crippen molar-refractivity contribution in [3.8, 4) is 12.1 Å². The Morgan fingerprint density at radius 2 is 2.00 bits per heavy atom. The van der Waals surface area contributed by atoms with Gasteiger partial charge in [0.1, 0.15) is 5.82 Å². The Bertz CT molecular complexity index is 811. The average Bonchev–Trinajstić information content (AvgIpc) is 2.92. The molecule has 1 saturated carbocycles. The first-order valence-electron chi connectivity index (χ1n) is 7.28. The quantitative estimate of drug-likeness (QED) is 0.726. The molecule has 1 aliphatic carbocycles. The molecule has 0 unspecified atom stereocenters. The molecule has 1 aromatic rings. The molecule has 3 N–H and O–H groups in total. The van der Waals surface area contributed by atoms with Crippen LogP contribution in [0.15, 0.2) is 24.3 Å². The van der Waals surface area contributed by atoms with E-state index in [9.17, 15) is 14.9 Å². The van der Waals surface area contributed by atoms with Gasteiger partial charge in [-0.05, 0) is 24.6 Å². The third kappa shape index (κ3) is 1.31. The number of nitriles is 2. The van der Waals surface area contributed by atoms with Gasteiger partial charge in [-0.15, -0.1) is 0 Å². The van der Waals surface area contributed by atoms with Gasteiger partial charge in [-0.25, -0.2) is 9.38 Å². The lowest BCUT2D eigenvalue weighted by Crippen LogP contribution is -2.90. The summed E-state index contributed by atoms with van der Waals surface area (Å²) >= 11 is 0. The summed E-state index contributed by atoms with van der Waals surface area (Å²) in [6.07, 6.45) is -0.232. The molecule has 116 valence electrons. The maximum Gasteiger partial charge on any atom is 0.343 e. The van der Waals surface area contributed by atoms with Crippen molar-refractivity contribution in [3.05, 3.63) is 35.6 Å². The summed E-state index contributed by atoms with van der Waals surface area (Å²) in [6, 6.07) is 10.1. The van der Waals surface area contributed by atoms with Crippen LogP contribution in [0.2, 0.25) is 0 Å². The Balaban J connectivity index is 1.91. The molecular formula is C16H14FN4O2+. The number of ether oxygens (including phenoxy) is 2. The number of fused-ring (bicyclic) bond motifs is 2. The van der Waals surface area contributed by atoms with E-state index in [4.69, 9.17) is 15.2 Å². The second-order valence-electron chi connectivity index (χ2n) is 6.22. The van der Waals surface area contributed by atoms with Gasteiger partial charge in [-0.2, -0.15) is 10.5 Å². The zero-order valence-corrected chi connectivity index (χ0v) is 12.3. The van der Waals surface area contributed by atoms with Gasteiger partial charge < -0.3 is 9.47 Å². The normalized spacial score (nSPS) is 43.6. The largest absolute Gasteiger partial charge is 0.343 e. The highest BCUT2D eigenvalue weighted by Gasteiger charge is 2.97. The lowest BCUT2D eigenvalue weighted by atomic mass is 9.94. The van der Waals surface area contributed by atoms with Crippen LogP contribution in [0.25, 0.3) is 0 Å². The number of benzene rings is 1. The highest BCUT2D eigenvalue weighted by atomic mass is 19.1. The monoisotopic (exact) mass is 313 g/mol. The van der Waals surface area contributed by atoms with Crippen LogP contribution in [-0.4, -0.2) is 24.5 Å². The maximum absolute atomic E-state index is 13.2. The molecule has 0 bridgehead atoms. The summed E-state index contributed by atoms with van der Waals surface area (Å²) in [5.41, 5.74) is 4.17. The molecule has 7 heteroatoms. The van der Waals surface area contributed by atoms with Crippen LogP contribution in [0.4, 0.5) is 4.39 Å².